The van der Waals surface area contributed by atoms with Gasteiger partial charge < -0.3 is 15.4 Å². The lowest BCUT2D eigenvalue weighted by molar-refractivity contribution is -0.136. The monoisotopic (exact) mass is 353 g/mol. The summed E-state index contributed by atoms with van der Waals surface area (Å²) in [5.41, 5.74) is 2.95. The van der Waals surface area contributed by atoms with Gasteiger partial charge in [0, 0.05) is 19.5 Å². The smallest absolute Gasteiger partial charge is 0.229 e. The van der Waals surface area contributed by atoms with Crippen molar-refractivity contribution in [1.82, 2.24) is 15.6 Å². The zero-order valence-electron chi connectivity index (χ0n) is 15.5. The lowest BCUT2D eigenvalue weighted by Gasteiger charge is -2.36. The highest BCUT2D eigenvalue weighted by Crippen LogP contribution is 2.30. The number of rotatable bonds is 6. The number of hydrogen-bond acceptors (Lipinski definition) is 4. The average molecular weight is 353 g/mol. The van der Waals surface area contributed by atoms with Crippen molar-refractivity contribution < 1.29 is 9.53 Å². The Hall–Kier alpha value is -2.24. The zero-order valence-corrected chi connectivity index (χ0v) is 15.5. The van der Waals surface area contributed by atoms with Gasteiger partial charge in [-0.05, 0) is 61.7 Å². The molecule has 1 amide bonds. The standard InChI is InChI=1S/C21H27N3O2/c1-16(24-20(25)21(15-26-2)9-13-23-14-10-21)17-3-5-18(6-4-17)19-7-11-22-12-8-19/h3-8,11-12,16,23H,9-10,13-15H2,1-2H3,(H,24,25). The fourth-order valence-corrected chi connectivity index (χ4v) is 3.56. The Bertz CT molecular complexity index is 704. The number of ether oxygens (including phenoxy) is 1. The van der Waals surface area contributed by atoms with Crippen LogP contribution in [0.25, 0.3) is 11.1 Å². The van der Waals surface area contributed by atoms with Gasteiger partial charge in [0.15, 0.2) is 0 Å². The van der Waals surface area contributed by atoms with Gasteiger partial charge in [0.25, 0.3) is 0 Å². The Morgan fingerprint density at radius 1 is 1.15 bits per heavy atom. The Morgan fingerprint density at radius 3 is 2.38 bits per heavy atom. The largest absolute Gasteiger partial charge is 0.384 e. The quantitative estimate of drug-likeness (QED) is 0.838. The van der Waals surface area contributed by atoms with Crippen molar-refractivity contribution in [3.63, 3.8) is 0 Å². The molecule has 1 aliphatic rings. The molecule has 2 N–H and O–H groups in total. The molecule has 1 atom stereocenters. The topological polar surface area (TPSA) is 63.2 Å². The Morgan fingerprint density at radius 2 is 1.77 bits per heavy atom. The van der Waals surface area contributed by atoms with E-state index in [1.165, 1.54) is 0 Å². The number of hydrogen-bond donors (Lipinski definition) is 2. The van der Waals surface area contributed by atoms with Crippen molar-refractivity contribution in [1.29, 1.82) is 0 Å². The van der Waals surface area contributed by atoms with Crippen LogP contribution < -0.4 is 10.6 Å². The van der Waals surface area contributed by atoms with E-state index in [0.717, 1.165) is 42.6 Å². The van der Waals surface area contributed by atoms with Crippen LogP contribution in [0.5, 0.6) is 0 Å². The summed E-state index contributed by atoms with van der Waals surface area (Å²) in [6, 6.07) is 12.3. The molecule has 2 heterocycles. The Kier molecular flexibility index (Phi) is 6.01. The second kappa shape index (κ2) is 8.43. The van der Waals surface area contributed by atoms with E-state index in [2.05, 4.69) is 39.9 Å². The fraction of sp³-hybridized carbons (Fsp3) is 0.429. The van der Waals surface area contributed by atoms with Crippen molar-refractivity contribution in [3.05, 3.63) is 54.4 Å². The molecule has 0 aliphatic carbocycles. The Balaban J connectivity index is 1.69. The predicted molar refractivity (Wildman–Crippen MR) is 103 cm³/mol. The lowest BCUT2D eigenvalue weighted by atomic mass is 9.78. The van der Waals surface area contributed by atoms with E-state index in [4.69, 9.17) is 4.74 Å². The van der Waals surface area contributed by atoms with Gasteiger partial charge in [0.2, 0.25) is 5.91 Å². The SMILES string of the molecule is COCC1(C(=O)NC(C)c2ccc(-c3ccncc3)cc2)CCNCC1. The summed E-state index contributed by atoms with van der Waals surface area (Å²) in [4.78, 5) is 17.0. The maximum absolute atomic E-state index is 13.0. The number of benzene rings is 1. The first-order chi connectivity index (χ1) is 12.6. The third-order valence-corrected chi connectivity index (χ3v) is 5.23. The van der Waals surface area contributed by atoms with E-state index < -0.39 is 5.41 Å². The van der Waals surface area contributed by atoms with Gasteiger partial charge in [-0.3, -0.25) is 9.78 Å². The van der Waals surface area contributed by atoms with Crippen LogP contribution in [-0.2, 0) is 9.53 Å². The van der Waals surface area contributed by atoms with Crippen molar-refractivity contribution >= 4 is 5.91 Å². The first-order valence-corrected chi connectivity index (χ1v) is 9.16. The highest BCUT2D eigenvalue weighted by atomic mass is 16.5. The molecule has 2 aromatic rings. The minimum atomic E-state index is -0.425. The van der Waals surface area contributed by atoms with Crippen molar-refractivity contribution in [2.45, 2.75) is 25.8 Å². The van der Waals surface area contributed by atoms with Gasteiger partial charge in [0.05, 0.1) is 18.1 Å². The van der Waals surface area contributed by atoms with Crippen LogP contribution in [0, 0.1) is 5.41 Å². The lowest BCUT2D eigenvalue weighted by Crippen LogP contribution is -2.50. The highest BCUT2D eigenvalue weighted by Gasteiger charge is 2.40. The summed E-state index contributed by atoms with van der Waals surface area (Å²) in [6.45, 7) is 4.20. The molecule has 1 unspecified atom stereocenters. The van der Waals surface area contributed by atoms with Crippen molar-refractivity contribution in [2.75, 3.05) is 26.8 Å². The number of amides is 1. The third kappa shape index (κ3) is 4.11. The first kappa shape index (κ1) is 18.5. The van der Waals surface area contributed by atoms with E-state index in [1.54, 1.807) is 19.5 Å². The van der Waals surface area contributed by atoms with Crippen molar-refractivity contribution in [2.24, 2.45) is 5.41 Å². The number of nitrogens with one attached hydrogen (secondary N) is 2. The summed E-state index contributed by atoms with van der Waals surface area (Å²) in [6.07, 6.45) is 5.20. The van der Waals surface area contributed by atoms with Crippen LogP contribution >= 0.6 is 0 Å². The second-order valence-electron chi connectivity index (χ2n) is 7.02. The van der Waals surface area contributed by atoms with Gasteiger partial charge in [-0.15, -0.1) is 0 Å². The molecule has 0 saturated carbocycles. The van der Waals surface area contributed by atoms with E-state index in [-0.39, 0.29) is 11.9 Å². The summed E-state index contributed by atoms with van der Waals surface area (Å²) < 4.78 is 5.36. The number of nitrogens with zero attached hydrogens (tertiary/aromatic N) is 1. The van der Waals surface area contributed by atoms with Crippen LogP contribution in [0.2, 0.25) is 0 Å². The molecule has 0 radical (unpaired) electrons. The molecule has 0 bridgehead atoms. The molecule has 1 aliphatic heterocycles. The van der Waals surface area contributed by atoms with Crippen LogP contribution in [0.3, 0.4) is 0 Å². The van der Waals surface area contributed by atoms with Crippen LogP contribution in [0.15, 0.2) is 48.8 Å². The number of pyridine rings is 1. The molecular formula is C21H27N3O2. The zero-order chi connectivity index (χ0) is 18.4. The van der Waals surface area contributed by atoms with Gasteiger partial charge in [-0.1, -0.05) is 24.3 Å². The van der Waals surface area contributed by atoms with Crippen LogP contribution in [-0.4, -0.2) is 37.7 Å². The highest BCUT2D eigenvalue weighted by molar-refractivity contribution is 5.83. The maximum atomic E-state index is 13.0. The summed E-state index contributed by atoms with van der Waals surface area (Å²) in [5, 5.41) is 6.51. The van der Waals surface area contributed by atoms with E-state index in [9.17, 15) is 4.79 Å². The number of carbonyl (C=O) groups excluding carboxylic acids is 1. The fourth-order valence-electron chi connectivity index (χ4n) is 3.56. The molecule has 0 spiro atoms. The second-order valence-corrected chi connectivity index (χ2v) is 7.02. The third-order valence-electron chi connectivity index (χ3n) is 5.23. The van der Waals surface area contributed by atoms with Gasteiger partial charge in [-0.25, -0.2) is 0 Å². The molecular weight excluding hydrogens is 326 g/mol. The number of aromatic nitrogens is 1. The molecule has 1 aromatic carbocycles. The molecule has 5 nitrogen and oxygen atoms in total. The van der Waals surface area contributed by atoms with Crippen molar-refractivity contribution in [3.8, 4) is 11.1 Å². The molecule has 5 heteroatoms. The number of methoxy groups -OCH3 is 1. The molecule has 1 fully saturated rings. The number of carbonyl (C=O) groups is 1. The molecule has 138 valence electrons. The van der Waals surface area contributed by atoms with E-state index in [0.29, 0.717) is 6.61 Å². The summed E-state index contributed by atoms with van der Waals surface area (Å²) >= 11 is 0. The normalized spacial score (nSPS) is 17.5. The minimum absolute atomic E-state index is 0.0439. The predicted octanol–water partition coefficient (Wildman–Crippen LogP) is 2.94. The van der Waals surface area contributed by atoms with E-state index in [1.807, 2.05) is 19.1 Å². The maximum Gasteiger partial charge on any atom is 0.229 e. The van der Waals surface area contributed by atoms with Gasteiger partial charge in [-0.2, -0.15) is 0 Å². The summed E-state index contributed by atoms with van der Waals surface area (Å²) in [5.74, 6) is 0.0894. The minimum Gasteiger partial charge on any atom is -0.384 e. The van der Waals surface area contributed by atoms with Crippen LogP contribution in [0.1, 0.15) is 31.4 Å². The number of piperidine rings is 1. The molecule has 1 saturated heterocycles. The first-order valence-electron chi connectivity index (χ1n) is 9.16. The van der Waals surface area contributed by atoms with Crippen LogP contribution in [0.4, 0.5) is 0 Å². The molecule has 3 rings (SSSR count). The summed E-state index contributed by atoms with van der Waals surface area (Å²) in [7, 11) is 1.66. The van der Waals surface area contributed by atoms with E-state index >= 15 is 0 Å². The van der Waals surface area contributed by atoms with Gasteiger partial charge >= 0.3 is 0 Å². The molecule has 1 aromatic heterocycles. The molecule has 26 heavy (non-hydrogen) atoms. The van der Waals surface area contributed by atoms with Gasteiger partial charge in [0.1, 0.15) is 0 Å². The Labute approximate surface area is 155 Å². The average Bonchev–Trinajstić information content (AvgIpc) is 2.69.